The Kier molecular flexibility index (Phi) is 8.75. The first kappa shape index (κ1) is 30.4. The highest BCUT2D eigenvalue weighted by atomic mass is 32.2. The van der Waals surface area contributed by atoms with E-state index in [1.54, 1.807) is 52.1 Å². The molecule has 2 heterocycles. The van der Waals surface area contributed by atoms with Crippen LogP contribution in [0.1, 0.15) is 37.5 Å². The van der Waals surface area contributed by atoms with Crippen LogP contribution in [-0.4, -0.2) is 64.8 Å². The van der Waals surface area contributed by atoms with E-state index in [2.05, 4.69) is 27.1 Å². The summed E-state index contributed by atoms with van der Waals surface area (Å²) >= 11 is 0. The van der Waals surface area contributed by atoms with Crippen LogP contribution in [0.3, 0.4) is 0 Å². The minimum Gasteiger partial charge on any atom is -0.496 e. The Morgan fingerprint density at radius 2 is 1.88 bits per heavy atom. The zero-order chi connectivity index (χ0) is 30.7. The molecular formula is C30H33N5O6S. The number of carbonyl (C=O) groups excluding carboxylic acids is 1. The Morgan fingerprint density at radius 3 is 2.52 bits per heavy atom. The fourth-order valence-corrected chi connectivity index (χ4v) is 5.57. The smallest absolute Gasteiger partial charge is 0.410 e. The lowest BCUT2D eigenvalue weighted by Gasteiger charge is -2.23. The van der Waals surface area contributed by atoms with Gasteiger partial charge < -0.3 is 24.8 Å². The number of ether oxygens (including phenoxy) is 2. The standard InChI is InChI=1S/C30H33N5O6S/c1-20-15-23(16-22(18-36)26(20)40-6)33-27-25-21(11-10-14-34(5)29(37)41-30(2,3)4)17-35(28(25)32-19-31-27)42(38,39)24-12-8-7-9-13-24/h7-9,12-13,15-17,19,36H,14,18H2,1-6H3,(H,31,32,33). The molecule has 4 aromatic rings. The van der Waals surface area contributed by atoms with Crippen molar-refractivity contribution >= 4 is 38.7 Å². The van der Waals surface area contributed by atoms with Crippen LogP contribution in [0.4, 0.5) is 16.3 Å². The number of aryl methyl sites for hydroxylation is 1. The molecular weight excluding hydrogens is 558 g/mol. The van der Waals surface area contributed by atoms with Crippen LogP contribution in [0.15, 0.2) is 59.9 Å². The number of nitrogens with zero attached hydrogens (tertiary/aromatic N) is 4. The summed E-state index contributed by atoms with van der Waals surface area (Å²) in [7, 11) is -0.946. The number of benzene rings is 2. The zero-order valence-electron chi connectivity index (χ0n) is 24.3. The fourth-order valence-electron chi connectivity index (χ4n) is 4.24. The molecule has 0 fully saturated rings. The second kappa shape index (κ2) is 12.1. The summed E-state index contributed by atoms with van der Waals surface area (Å²) in [6.45, 7) is 6.95. The molecule has 42 heavy (non-hydrogen) atoms. The quantitative estimate of drug-likeness (QED) is 0.299. The Hall–Kier alpha value is -4.60. The molecule has 0 unspecified atom stereocenters. The number of aliphatic hydroxyl groups is 1. The molecule has 2 N–H and O–H groups in total. The van der Waals surface area contributed by atoms with Crippen molar-refractivity contribution in [3.05, 3.63) is 71.7 Å². The van der Waals surface area contributed by atoms with E-state index in [0.717, 1.165) is 9.54 Å². The van der Waals surface area contributed by atoms with Gasteiger partial charge in [-0.3, -0.25) is 0 Å². The van der Waals surface area contributed by atoms with Crippen LogP contribution >= 0.6 is 0 Å². The average Bonchev–Trinajstić information content (AvgIpc) is 3.32. The van der Waals surface area contributed by atoms with E-state index >= 15 is 0 Å². The summed E-state index contributed by atoms with van der Waals surface area (Å²) in [6.07, 6.45) is 2.12. The second-order valence-electron chi connectivity index (χ2n) is 10.5. The number of nitrogens with one attached hydrogen (secondary N) is 1. The van der Waals surface area contributed by atoms with Crippen molar-refractivity contribution in [1.29, 1.82) is 0 Å². The van der Waals surface area contributed by atoms with Gasteiger partial charge in [0.2, 0.25) is 0 Å². The van der Waals surface area contributed by atoms with Gasteiger partial charge in [-0.2, -0.15) is 0 Å². The maximum absolute atomic E-state index is 13.7. The van der Waals surface area contributed by atoms with E-state index < -0.39 is 21.7 Å². The first-order chi connectivity index (χ1) is 19.9. The third kappa shape index (κ3) is 6.48. The molecule has 11 nitrogen and oxygen atoms in total. The maximum atomic E-state index is 13.7. The lowest BCUT2D eigenvalue weighted by atomic mass is 10.1. The number of carbonyl (C=O) groups is 1. The van der Waals surface area contributed by atoms with Crippen LogP contribution in [-0.2, 0) is 21.4 Å². The van der Waals surface area contributed by atoms with Crippen LogP contribution < -0.4 is 10.1 Å². The van der Waals surface area contributed by atoms with Crippen LogP contribution in [0.25, 0.3) is 11.0 Å². The third-order valence-corrected chi connectivity index (χ3v) is 7.75. The molecule has 0 saturated heterocycles. The molecule has 220 valence electrons. The normalized spacial score (nSPS) is 11.5. The maximum Gasteiger partial charge on any atom is 0.410 e. The summed E-state index contributed by atoms with van der Waals surface area (Å²) in [6, 6.07) is 11.5. The van der Waals surface area contributed by atoms with Crippen LogP contribution in [0.5, 0.6) is 5.75 Å². The van der Waals surface area contributed by atoms with Gasteiger partial charge in [-0.25, -0.2) is 27.2 Å². The molecule has 0 saturated carbocycles. The predicted octanol–water partition coefficient (Wildman–Crippen LogP) is 4.44. The highest BCUT2D eigenvalue weighted by Crippen LogP contribution is 2.33. The van der Waals surface area contributed by atoms with E-state index in [-0.39, 0.29) is 23.7 Å². The van der Waals surface area contributed by atoms with Gasteiger partial charge in [0.15, 0.2) is 5.65 Å². The summed E-state index contributed by atoms with van der Waals surface area (Å²) < 4.78 is 39.2. The Morgan fingerprint density at radius 1 is 1.17 bits per heavy atom. The van der Waals surface area contributed by atoms with E-state index in [0.29, 0.717) is 33.8 Å². The largest absolute Gasteiger partial charge is 0.496 e. The molecule has 0 radical (unpaired) electrons. The first-order valence-electron chi connectivity index (χ1n) is 13.0. The zero-order valence-corrected chi connectivity index (χ0v) is 25.1. The molecule has 0 atom stereocenters. The Labute approximate surface area is 245 Å². The summed E-state index contributed by atoms with van der Waals surface area (Å²) in [5, 5.41) is 13.5. The number of rotatable bonds is 7. The number of hydrogen-bond donors (Lipinski definition) is 2. The number of anilines is 2. The van der Waals surface area contributed by atoms with Gasteiger partial charge in [0, 0.05) is 24.5 Å². The van der Waals surface area contributed by atoms with E-state index in [9.17, 15) is 18.3 Å². The summed E-state index contributed by atoms with van der Waals surface area (Å²) in [5.41, 5.74) is 1.74. The number of fused-ring (bicyclic) bond motifs is 1. The van der Waals surface area contributed by atoms with E-state index in [4.69, 9.17) is 9.47 Å². The molecule has 0 bridgehead atoms. The molecule has 1 amide bonds. The SMILES string of the molecule is COc1c(C)cc(Nc2ncnc3c2c(C#CCN(C)C(=O)OC(C)(C)C)cn3S(=O)(=O)c2ccccc2)cc1CO. The highest BCUT2D eigenvalue weighted by Gasteiger charge is 2.24. The number of aliphatic hydroxyl groups excluding tert-OH is 1. The van der Waals surface area contributed by atoms with Crippen molar-refractivity contribution in [1.82, 2.24) is 18.8 Å². The van der Waals surface area contributed by atoms with E-state index in [1.807, 2.05) is 13.0 Å². The topological polar surface area (TPSA) is 136 Å². The third-order valence-electron chi connectivity index (χ3n) is 6.08. The molecule has 0 aliphatic heterocycles. The molecule has 4 rings (SSSR count). The molecule has 2 aromatic heterocycles. The van der Waals surface area contributed by atoms with Gasteiger partial charge in [-0.15, -0.1) is 0 Å². The minimum atomic E-state index is -4.04. The van der Waals surface area contributed by atoms with Crippen molar-refractivity contribution in [2.75, 3.05) is 26.0 Å². The molecule has 12 heteroatoms. The van der Waals surface area contributed by atoms with Crippen molar-refractivity contribution in [3.63, 3.8) is 0 Å². The van der Waals surface area contributed by atoms with Gasteiger partial charge >= 0.3 is 6.09 Å². The number of methoxy groups -OCH3 is 1. The Balaban J connectivity index is 1.83. The first-order valence-corrected chi connectivity index (χ1v) is 14.4. The minimum absolute atomic E-state index is 0.0288. The van der Waals surface area contributed by atoms with Gasteiger partial charge in [0.25, 0.3) is 10.0 Å². The lowest BCUT2D eigenvalue weighted by molar-refractivity contribution is 0.0321. The lowest BCUT2D eigenvalue weighted by Crippen LogP contribution is -2.34. The average molecular weight is 592 g/mol. The van der Waals surface area contributed by atoms with Gasteiger partial charge in [-0.1, -0.05) is 30.0 Å². The summed E-state index contributed by atoms with van der Waals surface area (Å²) in [5.74, 6) is 6.80. The predicted molar refractivity (Wildman–Crippen MR) is 159 cm³/mol. The van der Waals surface area contributed by atoms with Crippen molar-refractivity contribution in [2.24, 2.45) is 0 Å². The van der Waals surface area contributed by atoms with Crippen molar-refractivity contribution < 1.29 is 27.8 Å². The van der Waals surface area contributed by atoms with Crippen LogP contribution in [0.2, 0.25) is 0 Å². The van der Waals surface area contributed by atoms with E-state index in [1.165, 1.54) is 36.7 Å². The van der Waals surface area contributed by atoms with Crippen LogP contribution in [0, 0.1) is 18.8 Å². The fraction of sp³-hybridized carbons (Fsp3) is 0.300. The molecule has 0 spiro atoms. The number of hydrogen-bond acceptors (Lipinski definition) is 9. The monoisotopic (exact) mass is 591 g/mol. The highest BCUT2D eigenvalue weighted by molar-refractivity contribution is 7.90. The number of aromatic nitrogens is 3. The Bertz CT molecular complexity index is 1780. The molecule has 0 aliphatic rings. The summed E-state index contributed by atoms with van der Waals surface area (Å²) in [4.78, 5) is 22.5. The molecule has 0 aliphatic carbocycles. The number of amides is 1. The van der Waals surface area contributed by atoms with Gasteiger partial charge in [-0.05, 0) is 57.5 Å². The molecule has 2 aromatic carbocycles. The van der Waals surface area contributed by atoms with Gasteiger partial charge in [0.05, 0.1) is 36.1 Å². The van der Waals surface area contributed by atoms with Crippen molar-refractivity contribution in [2.45, 2.75) is 44.8 Å². The van der Waals surface area contributed by atoms with Crippen molar-refractivity contribution in [3.8, 4) is 17.6 Å². The second-order valence-corrected chi connectivity index (χ2v) is 12.3. The van der Waals surface area contributed by atoms with Gasteiger partial charge in [0.1, 0.15) is 23.5 Å².